The Morgan fingerprint density at radius 3 is 3.15 bits per heavy atom. The normalized spacial score (nSPS) is 10.2. The maximum atomic E-state index is 11.4. The third-order valence-electron chi connectivity index (χ3n) is 1.56. The van der Waals surface area contributed by atoms with Crippen LogP contribution in [0.4, 0.5) is 0 Å². The molecular weight excluding hydrogens is 186 g/mol. The predicted octanol–water partition coefficient (Wildman–Crippen LogP) is 1.58. The average molecular weight is 199 g/mol. The molecule has 1 N–H and O–H groups in total. The molecule has 0 unspecified atom stereocenters. The van der Waals surface area contributed by atoms with Gasteiger partial charge >= 0.3 is 0 Å². The van der Waals surface area contributed by atoms with Crippen molar-refractivity contribution in [1.29, 1.82) is 0 Å². The van der Waals surface area contributed by atoms with E-state index in [1.165, 1.54) is 0 Å². The second kappa shape index (κ2) is 5.83. The summed E-state index contributed by atoms with van der Waals surface area (Å²) in [4.78, 5) is 14.3. The molecule has 4 heteroatoms. The monoisotopic (exact) mass is 199 g/mol. The second-order valence-electron chi connectivity index (χ2n) is 2.55. The molecule has 72 valence electrons. The molecule has 3 nitrogen and oxygen atoms in total. The molecule has 0 amide bonds. The first-order chi connectivity index (χ1) is 6.34. The lowest BCUT2D eigenvalue weighted by molar-refractivity contribution is 0.101. The van der Waals surface area contributed by atoms with Gasteiger partial charge in [-0.3, -0.25) is 4.79 Å². The van der Waals surface area contributed by atoms with E-state index in [1.807, 2.05) is 6.07 Å². The predicted molar refractivity (Wildman–Crippen MR) is 54.3 cm³/mol. The number of carbonyl (C=O) groups is 1. The van der Waals surface area contributed by atoms with Gasteiger partial charge in [-0.1, -0.05) is 0 Å². The molecular formula is C9H13NO2S. The van der Waals surface area contributed by atoms with E-state index in [0.29, 0.717) is 18.1 Å². The summed E-state index contributed by atoms with van der Waals surface area (Å²) in [5.74, 6) is 1.53. The minimum atomic E-state index is 0.145. The summed E-state index contributed by atoms with van der Waals surface area (Å²) in [5, 5.41) is 0. The fraction of sp³-hybridized carbons (Fsp3) is 0.444. The summed E-state index contributed by atoms with van der Waals surface area (Å²) in [6.07, 6.45) is 1.76. The smallest absolute Gasteiger partial charge is 0.188 e. The highest BCUT2D eigenvalue weighted by atomic mass is 32.2. The Labute approximate surface area is 81.9 Å². The number of thioether (sulfide) groups is 1. The molecule has 1 aromatic rings. The summed E-state index contributed by atoms with van der Waals surface area (Å²) in [5.41, 5.74) is 0.685. The zero-order valence-electron chi connectivity index (χ0n) is 7.58. The van der Waals surface area contributed by atoms with E-state index >= 15 is 0 Å². The van der Waals surface area contributed by atoms with Crippen molar-refractivity contribution < 1.29 is 9.53 Å². The lowest BCUT2D eigenvalue weighted by atomic mass is 10.3. The van der Waals surface area contributed by atoms with E-state index in [1.54, 1.807) is 31.1 Å². The lowest BCUT2D eigenvalue weighted by Gasteiger charge is -1.98. The number of H-pyrrole nitrogens is 1. The number of nitrogens with one attached hydrogen (secondary N) is 1. The molecule has 1 rings (SSSR count). The fourth-order valence-corrected chi connectivity index (χ4v) is 1.66. The molecule has 0 aliphatic heterocycles. The minimum Gasteiger partial charge on any atom is -0.384 e. The molecule has 1 heterocycles. The molecule has 13 heavy (non-hydrogen) atoms. The molecule has 0 saturated heterocycles. The van der Waals surface area contributed by atoms with Crippen LogP contribution >= 0.6 is 11.8 Å². The number of aromatic amines is 1. The molecule has 0 fully saturated rings. The van der Waals surface area contributed by atoms with Crippen LogP contribution in [0.1, 0.15) is 10.5 Å². The van der Waals surface area contributed by atoms with Crippen molar-refractivity contribution in [3.63, 3.8) is 0 Å². The first kappa shape index (κ1) is 10.3. The minimum absolute atomic E-state index is 0.145. The summed E-state index contributed by atoms with van der Waals surface area (Å²) >= 11 is 1.59. The Bertz CT molecular complexity index is 246. The average Bonchev–Trinajstić information content (AvgIpc) is 2.65. The van der Waals surface area contributed by atoms with Crippen molar-refractivity contribution in [1.82, 2.24) is 4.98 Å². The quantitative estimate of drug-likeness (QED) is 0.558. The van der Waals surface area contributed by atoms with E-state index in [4.69, 9.17) is 4.74 Å². The summed E-state index contributed by atoms with van der Waals surface area (Å²) < 4.78 is 4.87. The lowest BCUT2D eigenvalue weighted by Crippen LogP contribution is -2.04. The molecule has 0 spiro atoms. The van der Waals surface area contributed by atoms with Crippen LogP contribution in [-0.2, 0) is 4.74 Å². The Balaban J connectivity index is 2.19. The molecule has 0 saturated carbocycles. The number of hydrogen-bond donors (Lipinski definition) is 1. The van der Waals surface area contributed by atoms with E-state index in [0.717, 1.165) is 5.75 Å². The van der Waals surface area contributed by atoms with Crippen LogP contribution < -0.4 is 0 Å². The van der Waals surface area contributed by atoms with Crippen molar-refractivity contribution in [2.75, 3.05) is 25.2 Å². The van der Waals surface area contributed by atoms with Crippen LogP contribution in [0.2, 0.25) is 0 Å². The first-order valence-electron chi connectivity index (χ1n) is 4.08. The molecule has 0 aliphatic rings. The zero-order valence-corrected chi connectivity index (χ0v) is 8.39. The van der Waals surface area contributed by atoms with Crippen LogP contribution in [0.3, 0.4) is 0 Å². The van der Waals surface area contributed by atoms with E-state index < -0.39 is 0 Å². The van der Waals surface area contributed by atoms with Crippen LogP contribution in [0.25, 0.3) is 0 Å². The van der Waals surface area contributed by atoms with Crippen LogP contribution in [0, 0.1) is 0 Å². The highest BCUT2D eigenvalue weighted by Gasteiger charge is 2.04. The molecule has 0 bridgehead atoms. The van der Waals surface area contributed by atoms with Gasteiger partial charge in [0.25, 0.3) is 0 Å². The first-order valence-corrected chi connectivity index (χ1v) is 5.23. The second-order valence-corrected chi connectivity index (χ2v) is 3.66. The van der Waals surface area contributed by atoms with Gasteiger partial charge in [0.1, 0.15) is 0 Å². The molecule has 0 aromatic carbocycles. The topological polar surface area (TPSA) is 42.1 Å². The number of rotatable bonds is 6. The molecule has 1 aromatic heterocycles. The number of hydrogen-bond acceptors (Lipinski definition) is 3. The molecule has 0 aliphatic carbocycles. The van der Waals surface area contributed by atoms with Crippen LogP contribution in [0.5, 0.6) is 0 Å². The van der Waals surface area contributed by atoms with Gasteiger partial charge < -0.3 is 9.72 Å². The van der Waals surface area contributed by atoms with Gasteiger partial charge in [-0.2, -0.15) is 11.8 Å². The largest absolute Gasteiger partial charge is 0.384 e. The van der Waals surface area contributed by atoms with Gasteiger partial charge in [0.05, 0.1) is 18.1 Å². The highest BCUT2D eigenvalue weighted by Crippen LogP contribution is 2.05. The van der Waals surface area contributed by atoms with Crippen molar-refractivity contribution in [2.24, 2.45) is 0 Å². The number of carbonyl (C=O) groups excluding carboxylic acids is 1. The summed E-state index contributed by atoms with van der Waals surface area (Å²) in [6.45, 7) is 0.697. The summed E-state index contributed by atoms with van der Waals surface area (Å²) in [6, 6.07) is 3.62. The van der Waals surface area contributed by atoms with Gasteiger partial charge in [0, 0.05) is 19.1 Å². The summed E-state index contributed by atoms with van der Waals surface area (Å²) in [7, 11) is 1.66. The maximum Gasteiger partial charge on any atom is 0.188 e. The Hall–Kier alpha value is -0.740. The van der Waals surface area contributed by atoms with Gasteiger partial charge in [0.15, 0.2) is 5.78 Å². The van der Waals surface area contributed by atoms with Crippen molar-refractivity contribution >= 4 is 17.5 Å². The Morgan fingerprint density at radius 2 is 2.54 bits per heavy atom. The standard InChI is InChI=1S/C9H13NO2S/c1-12-5-6-13-7-9(11)8-3-2-4-10-8/h2-4,10H,5-7H2,1H3. The van der Waals surface area contributed by atoms with E-state index in [-0.39, 0.29) is 5.78 Å². The van der Waals surface area contributed by atoms with Gasteiger partial charge in [-0.15, -0.1) is 0 Å². The molecule has 0 radical (unpaired) electrons. The SMILES string of the molecule is COCCSCC(=O)c1ccc[nH]1. The van der Waals surface area contributed by atoms with Crippen LogP contribution in [-0.4, -0.2) is 36.0 Å². The third kappa shape index (κ3) is 3.65. The van der Waals surface area contributed by atoms with Crippen molar-refractivity contribution in [3.05, 3.63) is 24.0 Å². The zero-order chi connectivity index (χ0) is 9.52. The van der Waals surface area contributed by atoms with E-state index in [9.17, 15) is 4.79 Å². The number of ether oxygens (including phenoxy) is 1. The number of Topliss-reactive ketones (excluding diaryl/α,β-unsaturated/α-hetero) is 1. The third-order valence-corrected chi connectivity index (χ3v) is 2.48. The highest BCUT2D eigenvalue weighted by molar-refractivity contribution is 8.00. The number of ketones is 1. The van der Waals surface area contributed by atoms with Crippen LogP contribution in [0.15, 0.2) is 18.3 Å². The number of aromatic nitrogens is 1. The molecule has 0 atom stereocenters. The maximum absolute atomic E-state index is 11.4. The Morgan fingerprint density at radius 1 is 1.69 bits per heavy atom. The number of methoxy groups -OCH3 is 1. The van der Waals surface area contributed by atoms with Gasteiger partial charge in [-0.25, -0.2) is 0 Å². The fourth-order valence-electron chi connectivity index (χ4n) is 0.889. The Kier molecular flexibility index (Phi) is 4.64. The van der Waals surface area contributed by atoms with Crippen molar-refractivity contribution in [3.8, 4) is 0 Å². The van der Waals surface area contributed by atoms with Gasteiger partial charge in [0.2, 0.25) is 0 Å². The van der Waals surface area contributed by atoms with E-state index in [2.05, 4.69) is 4.98 Å². The van der Waals surface area contributed by atoms with Gasteiger partial charge in [-0.05, 0) is 12.1 Å². The van der Waals surface area contributed by atoms with Crippen molar-refractivity contribution in [2.45, 2.75) is 0 Å².